The number of fused-ring (bicyclic) bond motifs is 1. The molecule has 7 heteroatoms. The van der Waals surface area contributed by atoms with Gasteiger partial charge in [0.05, 0.1) is 24.8 Å². The number of aromatic nitrogens is 2. The van der Waals surface area contributed by atoms with E-state index in [1.165, 1.54) is 26.5 Å². The van der Waals surface area contributed by atoms with E-state index in [0.29, 0.717) is 33.2 Å². The Labute approximate surface area is 130 Å². The number of ether oxygens (including phenoxy) is 2. The van der Waals surface area contributed by atoms with Gasteiger partial charge in [0.25, 0.3) is 0 Å². The highest BCUT2D eigenvalue weighted by Gasteiger charge is 2.17. The Bertz CT molecular complexity index is 860. The van der Waals surface area contributed by atoms with Crippen LogP contribution >= 0.6 is 11.6 Å². The molecule has 0 radical (unpaired) electrons. The van der Waals surface area contributed by atoms with Crippen molar-refractivity contribution in [3.8, 4) is 17.1 Å². The first-order chi connectivity index (χ1) is 10.6. The van der Waals surface area contributed by atoms with Crippen LogP contribution in [0.2, 0.25) is 5.02 Å². The van der Waals surface area contributed by atoms with Crippen LogP contribution in [0.3, 0.4) is 0 Å². The van der Waals surface area contributed by atoms with Crippen molar-refractivity contribution in [2.24, 2.45) is 0 Å². The van der Waals surface area contributed by atoms with Crippen LogP contribution in [0, 0.1) is 0 Å². The average molecular weight is 319 g/mol. The molecule has 22 heavy (non-hydrogen) atoms. The summed E-state index contributed by atoms with van der Waals surface area (Å²) in [6.07, 6.45) is 3.08. The first-order valence-electron chi connectivity index (χ1n) is 6.31. The van der Waals surface area contributed by atoms with Gasteiger partial charge in [0.2, 0.25) is 0 Å². The Morgan fingerprint density at radius 1 is 1.27 bits per heavy atom. The summed E-state index contributed by atoms with van der Waals surface area (Å²) < 4.78 is 15.7. The first kappa shape index (κ1) is 14.3. The number of esters is 1. The van der Waals surface area contributed by atoms with Crippen molar-refractivity contribution < 1.29 is 18.7 Å². The number of halogens is 1. The number of methoxy groups -OCH3 is 2. The van der Waals surface area contributed by atoms with E-state index in [4.69, 9.17) is 20.8 Å². The number of nitrogens with zero attached hydrogens (tertiary/aromatic N) is 2. The van der Waals surface area contributed by atoms with Gasteiger partial charge in [-0.05, 0) is 6.07 Å². The van der Waals surface area contributed by atoms with Gasteiger partial charge in [-0.15, -0.1) is 0 Å². The SMILES string of the molecule is COC(=O)c1cc(OC)c(-c2cc3nccc(Cl)c3o2)cn1. The number of furan rings is 1. The zero-order valence-electron chi connectivity index (χ0n) is 11.8. The summed E-state index contributed by atoms with van der Waals surface area (Å²) in [7, 11) is 2.78. The van der Waals surface area contributed by atoms with E-state index in [1.807, 2.05) is 0 Å². The predicted octanol–water partition coefficient (Wildman–Crippen LogP) is 3.34. The van der Waals surface area contributed by atoms with Gasteiger partial charge in [0, 0.05) is 24.5 Å². The van der Waals surface area contributed by atoms with E-state index in [-0.39, 0.29) is 5.69 Å². The molecule has 0 aliphatic heterocycles. The van der Waals surface area contributed by atoms with Crippen LogP contribution in [0.5, 0.6) is 5.75 Å². The van der Waals surface area contributed by atoms with Crippen LogP contribution < -0.4 is 4.74 Å². The smallest absolute Gasteiger partial charge is 0.356 e. The third kappa shape index (κ3) is 2.37. The molecule has 3 aromatic heterocycles. The van der Waals surface area contributed by atoms with Crippen molar-refractivity contribution in [1.82, 2.24) is 9.97 Å². The summed E-state index contributed by atoms with van der Waals surface area (Å²) in [5.74, 6) is 0.390. The second kappa shape index (κ2) is 5.65. The topological polar surface area (TPSA) is 74.5 Å². The number of carbonyl (C=O) groups excluding carboxylic acids is 1. The summed E-state index contributed by atoms with van der Waals surface area (Å²) in [4.78, 5) is 19.8. The molecule has 0 saturated carbocycles. The molecule has 0 aromatic carbocycles. The van der Waals surface area contributed by atoms with Gasteiger partial charge in [-0.2, -0.15) is 0 Å². The van der Waals surface area contributed by atoms with Gasteiger partial charge in [0.1, 0.15) is 17.0 Å². The summed E-state index contributed by atoms with van der Waals surface area (Å²) in [5, 5.41) is 0.467. The van der Waals surface area contributed by atoms with E-state index in [2.05, 4.69) is 14.7 Å². The number of pyridine rings is 2. The van der Waals surface area contributed by atoms with E-state index < -0.39 is 5.97 Å². The molecule has 0 bridgehead atoms. The highest BCUT2D eigenvalue weighted by Crippen LogP contribution is 2.35. The second-order valence-corrected chi connectivity index (χ2v) is 4.79. The summed E-state index contributed by atoms with van der Waals surface area (Å²) >= 11 is 6.08. The van der Waals surface area contributed by atoms with Crippen molar-refractivity contribution in [2.45, 2.75) is 0 Å². The lowest BCUT2D eigenvalue weighted by Crippen LogP contribution is -2.04. The number of rotatable bonds is 3. The molecule has 0 unspecified atom stereocenters. The Morgan fingerprint density at radius 3 is 2.77 bits per heavy atom. The van der Waals surface area contributed by atoms with E-state index in [0.717, 1.165) is 0 Å². The van der Waals surface area contributed by atoms with Crippen molar-refractivity contribution >= 4 is 28.7 Å². The van der Waals surface area contributed by atoms with Crippen LogP contribution in [0.4, 0.5) is 0 Å². The second-order valence-electron chi connectivity index (χ2n) is 4.38. The fourth-order valence-corrected chi connectivity index (χ4v) is 2.24. The quantitative estimate of drug-likeness (QED) is 0.689. The summed E-state index contributed by atoms with van der Waals surface area (Å²) in [6.45, 7) is 0. The zero-order valence-corrected chi connectivity index (χ0v) is 12.5. The minimum atomic E-state index is -0.542. The monoisotopic (exact) mass is 318 g/mol. The highest BCUT2D eigenvalue weighted by atomic mass is 35.5. The normalized spacial score (nSPS) is 10.7. The molecule has 0 N–H and O–H groups in total. The first-order valence-corrected chi connectivity index (χ1v) is 6.68. The van der Waals surface area contributed by atoms with Gasteiger partial charge in [-0.1, -0.05) is 11.6 Å². The van der Waals surface area contributed by atoms with Crippen molar-refractivity contribution in [3.05, 3.63) is 41.3 Å². The molecule has 0 amide bonds. The van der Waals surface area contributed by atoms with Crippen LogP contribution in [-0.4, -0.2) is 30.2 Å². The Balaban J connectivity index is 2.13. The van der Waals surface area contributed by atoms with Crippen LogP contribution in [-0.2, 0) is 4.74 Å². The van der Waals surface area contributed by atoms with E-state index in [1.54, 1.807) is 18.3 Å². The molecule has 0 fully saturated rings. The van der Waals surface area contributed by atoms with Crippen molar-refractivity contribution in [2.75, 3.05) is 14.2 Å². The van der Waals surface area contributed by atoms with Gasteiger partial charge in [-0.3, -0.25) is 4.98 Å². The highest BCUT2D eigenvalue weighted by molar-refractivity contribution is 6.34. The lowest BCUT2D eigenvalue weighted by molar-refractivity contribution is 0.0593. The van der Waals surface area contributed by atoms with Gasteiger partial charge < -0.3 is 13.9 Å². The van der Waals surface area contributed by atoms with Crippen LogP contribution in [0.1, 0.15) is 10.5 Å². The van der Waals surface area contributed by atoms with E-state index >= 15 is 0 Å². The molecule has 0 saturated heterocycles. The van der Waals surface area contributed by atoms with Crippen molar-refractivity contribution in [1.29, 1.82) is 0 Å². The summed E-state index contributed by atoms with van der Waals surface area (Å²) in [5.41, 5.74) is 1.85. The Morgan fingerprint density at radius 2 is 2.09 bits per heavy atom. The maximum atomic E-state index is 11.5. The minimum absolute atomic E-state index is 0.148. The molecule has 3 aromatic rings. The summed E-state index contributed by atoms with van der Waals surface area (Å²) in [6, 6.07) is 4.87. The largest absolute Gasteiger partial charge is 0.496 e. The third-order valence-corrected chi connectivity index (χ3v) is 3.41. The lowest BCUT2D eigenvalue weighted by Gasteiger charge is -2.07. The maximum absolute atomic E-state index is 11.5. The molecule has 6 nitrogen and oxygen atoms in total. The molecule has 3 rings (SSSR count). The Hall–Kier alpha value is -2.60. The van der Waals surface area contributed by atoms with Crippen molar-refractivity contribution in [3.63, 3.8) is 0 Å². The number of hydrogen-bond donors (Lipinski definition) is 0. The fraction of sp³-hybridized carbons (Fsp3) is 0.133. The van der Waals surface area contributed by atoms with Gasteiger partial charge in [-0.25, -0.2) is 9.78 Å². The maximum Gasteiger partial charge on any atom is 0.356 e. The zero-order chi connectivity index (χ0) is 15.7. The average Bonchev–Trinajstić information content (AvgIpc) is 2.99. The van der Waals surface area contributed by atoms with Gasteiger partial charge in [0.15, 0.2) is 11.3 Å². The lowest BCUT2D eigenvalue weighted by atomic mass is 10.2. The van der Waals surface area contributed by atoms with Crippen LogP contribution in [0.25, 0.3) is 22.4 Å². The molecule has 0 aliphatic rings. The van der Waals surface area contributed by atoms with E-state index in [9.17, 15) is 4.79 Å². The molecule has 112 valence electrons. The Kier molecular flexibility index (Phi) is 3.68. The molecular weight excluding hydrogens is 308 g/mol. The number of carbonyl (C=O) groups is 1. The minimum Gasteiger partial charge on any atom is -0.496 e. The standard InChI is InChI=1S/C15H11ClN2O4/c1-20-12-6-11(15(19)21-2)18-7-8(12)13-5-10-14(22-13)9(16)3-4-17-10/h3-7H,1-2H3. The molecule has 0 spiro atoms. The molecule has 3 heterocycles. The third-order valence-electron chi connectivity index (χ3n) is 3.11. The number of hydrogen-bond acceptors (Lipinski definition) is 6. The molecular formula is C15H11ClN2O4. The predicted molar refractivity (Wildman–Crippen MR) is 80.1 cm³/mol. The molecule has 0 aliphatic carbocycles. The fourth-order valence-electron chi connectivity index (χ4n) is 2.05. The molecule has 0 atom stereocenters. The van der Waals surface area contributed by atoms with Gasteiger partial charge >= 0.3 is 5.97 Å². The van der Waals surface area contributed by atoms with Crippen LogP contribution in [0.15, 0.2) is 35.0 Å².